The second-order valence-corrected chi connectivity index (χ2v) is 3.96. The molecular formula is C9H14N2OS. The zero-order valence-electron chi connectivity index (χ0n) is 7.62. The fourth-order valence-electron chi connectivity index (χ4n) is 0.988. The van der Waals surface area contributed by atoms with Crippen molar-refractivity contribution in [3.05, 3.63) is 22.4 Å². The molecule has 1 heterocycles. The van der Waals surface area contributed by atoms with E-state index >= 15 is 0 Å². The number of thiophene rings is 1. The Morgan fingerprint density at radius 1 is 1.77 bits per heavy atom. The minimum Gasteiger partial charge on any atom is -0.388 e. The molecule has 1 unspecified atom stereocenters. The first kappa shape index (κ1) is 10.2. The maximum Gasteiger partial charge on any atom is 0.0931 e. The van der Waals surface area contributed by atoms with Crippen molar-refractivity contribution in [1.29, 1.82) is 5.41 Å². The number of ether oxygens (including phenoxy) is 1. The minimum absolute atomic E-state index is 0.0274. The first-order chi connectivity index (χ1) is 6.18. The number of rotatable bonds is 5. The molecule has 13 heavy (non-hydrogen) atoms. The molecule has 0 aliphatic rings. The van der Waals surface area contributed by atoms with Crippen LogP contribution in [0.25, 0.3) is 0 Å². The average molecular weight is 198 g/mol. The van der Waals surface area contributed by atoms with E-state index in [2.05, 4.69) is 0 Å². The van der Waals surface area contributed by atoms with Crippen LogP contribution in [-0.4, -0.2) is 11.9 Å². The Balaban J connectivity index is 2.22. The van der Waals surface area contributed by atoms with Crippen molar-refractivity contribution in [3.63, 3.8) is 0 Å². The van der Waals surface area contributed by atoms with Gasteiger partial charge in [-0.2, -0.15) is 0 Å². The highest BCUT2D eigenvalue weighted by Crippen LogP contribution is 2.11. The SMILES string of the molecule is CC(CC(=N)N)OCc1cccs1. The van der Waals surface area contributed by atoms with E-state index < -0.39 is 0 Å². The third-order valence-electron chi connectivity index (χ3n) is 1.60. The summed E-state index contributed by atoms with van der Waals surface area (Å²) in [6.07, 6.45) is 0.533. The number of nitrogens with one attached hydrogen (secondary N) is 1. The Labute approximate surface area is 82.0 Å². The molecular weight excluding hydrogens is 184 g/mol. The van der Waals surface area contributed by atoms with Crippen LogP contribution in [0.4, 0.5) is 0 Å². The van der Waals surface area contributed by atoms with Gasteiger partial charge in [0.15, 0.2) is 0 Å². The molecule has 0 saturated carbocycles. The molecule has 1 atom stereocenters. The molecule has 0 spiro atoms. The van der Waals surface area contributed by atoms with Crippen LogP contribution in [-0.2, 0) is 11.3 Å². The van der Waals surface area contributed by atoms with Crippen molar-refractivity contribution in [1.82, 2.24) is 0 Å². The van der Waals surface area contributed by atoms with Crippen LogP contribution in [0.1, 0.15) is 18.2 Å². The van der Waals surface area contributed by atoms with Crippen molar-refractivity contribution >= 4 is 17.2 Å². The van der Waals surface area contributed by atoms with E-state index in [4.69, 9.17) is 15.9 Å². The standard InChI is InChI=1S/C9H14N2OS/c1-7(5-9(10)11)12-6-8-3-2-4-13-8/h2-4,7H,5-6H2,1H3,(H3,10,11). The molecule has 4 heteroatoms. The van der Waals surface area contributed by atoms with Crippen LogP contribution >= 0.6 is 11.3 Å². The first-order valence-corrected chi connectivity index (χ1v) is 5.03. The van der Waals surface area contributed by atoms with Crippen molar-refractivity contribution < 1.29 is 4.74 Å². The second-order valence-electron chi connectivity index (χ2n) is 2.93. The fraction of sp³-hybridized carbons (Fsp3) is 0.444. The van der Waals surface area contributed by atoms with Crippen molar-refractivity contribution in [2.45, 2.75) is 26.1 Å². The molecule has 72 valence electrons. The molecule has 0 radical (unpaired) electrons. The van der Waals surface area contributed by atoms with Crippen LogP contribution in [0.3, 0.4) is 0 Å². The molecule has 3 nitrogen and oxygen atoms in total. The fourth-order valence-corrected chi connectivity index (χ4v) is 1.61. The lowest BCUT2D eigenvalue weighted by molar-refractivity contribution is 0.0595. The predicted molar refractivity (Wildman–Crippen MR) is 55.1 cm³/mol. The van der Waals surface area contributed by atoms with Gasteiger partial charge in [-0.05, 0) is 18.4 Å². The molecule has 1 aromatic heterocycles. The van der Waals surface area contributed by atoms with E-state index in [1.54, 1.807) is 11.3 Å². The Morgan fingerprint density at radius 2 is 2.54 bits per heavy atom. The predicted octanol–water partition coefficient (Wildman–Crippen LogP) is 1.98. The summed E-state index contributed by atoms with van der Waals surface area (Å²) < 4.78 is 5.49. The Kier molecular flexibility index (Phi) is 3.92. The van der Waals surface area contributed by atoms with Crippen LogP contribution in [0.15, 0.2) is 17.5 Å². The summed E-state index contributed by atoms with van der Waals surface area (Å²) in [6.45, 7) is 2.54. The molecule has 1 rings (SSSR count). The van der Waals surface area contributed by atoms with Gasteiger partial charge >= 0.3 is 0 Å². The largest absolute Gasteiger partial charge is 0.388 e. The Morgan fingerprint density at radius 3 is 3.08 bits per heavy atom. The lowest BCUT2D eigenvalue weighted by Crippen LogP contribution is -2.19. The Hall–Kier alpha value is -0.870. The summed E-state index contributed by atoms with van der Waals surface area (Å²) in [4.78, 5) is 1.20. The van der Waals surface area contributed by atoms with E-state index in [-0.39, 0.29) is 11.9 Å². The maximum atomic E-state index is 7.08. The van der Waals surface area contributed by atoms with Crippen molar-refractivity contribution in [3.8, 4) is 0 Å². The second kappa shape index (κ2) is 4.99. The lowest BCUT2D eigenvalue weighted by atomic mass is 10.3. The van der Waals surface area contributed by atoms with Crippen LogP contribution in [0, 0.1) is 5.41 Å². The monoisotopic (exact) mass is 198 g/mol. The highest BCUT2D eigenvalue weighted by atomic mass is 32.1. The molecule has 0 aliphatic carbocycles. The Bertz CT molecular complexity index is 259. The van der Waals surface area contributed by atoms with Gasteiger partial charge in [0.2, 0.25) is 0 Å². The number of hydrogen-bond acceptors (Lipinski definition) is 3. The minimum atomic E-state index is 0.0274. The van der Waals surface area contributed by atoms with Gasteiger partial charge in [0.25, 0.3) is 0 Å². The topological polar surface area (TPSA) is 59.1 Å². The normalized spacial score (nSPS) is 12.7. The molecule has 3 N–H and O–H groups in total. The van der Waals surface area contributed by atoms with Gasteiger partial charge in [0, 0.05) is 11.3 Å². The van der Waals surface area contributed by atoms with E-state index in [0.717, 1.165) is 0 Å². The highest BCUT2D eigenvalue weighted by molar-refractivity contribution is 7.09. The summed E-state index contributed by atoms with van der Waals surface area (Å²) in [5.41, 5.74) is 5.25. The first-order valence-electron chi connectivity index (χ1n) is 4.15. The van der Waals surface area contributed by atoms with E-state index in [9.17, 15) is 0 Å². The lowest BCUT2D eigenvalue weighted by Gasteiger charge is -2.10. The molecule has 0 aliphatic heterocycles. The number of hydrogen-bond donors (Lipinski definition) is 2. The summed E-state index contributed by atoms with van der Waals surface area (Å²) in [6, 6.07) is 4.03. The maximum absolute atomic E-state index is 7.08. The highest BCUT2D eigenvalue weighted by Gasteiger charge is 2.04. The van der Waals surface area contributed by atoms with E-state index in [1.807, 2.05) is 24.4 Å². The van der Waals surface area contributed by atoms with Crippen molar-refractivity contribution in [2.75, 3.05) is 0 Å². The van der Waals surface area contributed by atoms with Gasteiger partial charge < -0.3 is 10.5 Å². The molecule has 0 amide bonds. The van der Waals surface area contributed by atoms with E-state index in [0.29, 0.717) is 13.0 Å². The quantitative estimate of drug-likeness (QED) is 0.561. The third kappa shape index (κ3) is 4.05. The molecule has 0 bridgehead atoms. The van der Waals surface area contributed by atoms with Gasteiger partial charge in [-0.15, -0.1) is 11.3 Å². The number of amidine groups is 1. The molecule has 0 fully saturated rings. The summed E-state index contributed by atoms with van der Waals surface area (Å²) in [7, 11) is 0. The van der Waals surface area contributed by atoms with Crippen LogP contribution < -0.4 is 5.73 Å². The summed E-state index contributed by atoms with van der Waals surface area (Å²) >= 11 is 1.67. The zero-order valence-corrected chi connectivity index (χ0v) is 8.43. The number of nitrogens with two attached hydrogens (primary N) is 1. The average Bonchev–Trinajstić information content (AvgIpc) is 2.51. The van der Waals surface area contributed by atoms with Crippen molar-refractivity contribution in [2.24, 2.45) is 5.73 Å². The summed E-state index contributed by atoms with van der Waals surface area (Å²) in [5.74, 6) is 0.179. The van der Waals surface area contributed by atoms with Crippen LogP contribution in [0.5, 0.6) is 0 Å². The van der Waals surface area contributed by atoms with E-state index in [1.165, 1.54) is 4.88 Å². The van der Waals surface area contributed by atoms with Gasteiger partial charge in [0.05, 0.1) is 18.5 Å². The van der Waals surface area contributed by atoms with Gasteiger partial charge in [-0.1, -0.05) is 6.07 Å². The van der Waals surface area contributed by atoms with Gasteiger partial charge in [-0.25, -0.2) is 0 Å². The third-order valence-corrected chi connectivity index (χ3v) is 2.45. The summed E-state index contributed by atoms with van der Waals surface area (Å²) in [5, 5.41) is 9.10. The molecule has 0 saturated heterocycles. The van der Waals surface area contributed by atoms with Gasteiger partial charge in [0.1, 0.15) is 0 Å². The van der Waals surface area contributed by atoms with Gasteiger partial charge in [-0.3, -0.25) is 5.41 Å². The smallest absolute Gasteiger partial charge is 0.0931 e. The molecule has 1 aromatic rings. The van der Waals surface area contributed by atoms with Crippen LogP contribution in [0.2, 0.25) is 0 Å². The zero-order chi connectivity index (χ0) is 9.68. The molecule has 0 aromatic carbocycles.